The molecule has 0 atom stereocenters. The van der Waals surface area contributed by atoms with E-state index in [-0.39, 0.29) is 0 Å². The van der Waals surface area contributed by atoms with E-state index in [1.807, 2.05) is 12.1 Å². The van der Waals surface area contributed by atoms with E-state index < -0.39 is 0 Å². The largest absolute Gasteiger partial charge is 0.254 e. The Labute approximate surface area is 114 Å². The van der Waals surface area contributed by atoms with Gasteiger partial charge in [-0.15, -0.1) is 0 Å². The van der Waals surface area contributed by atoms with Crippen molar-refractivity contribution >= 4 is 42.0 Å². The smallest absolute Gasteiger partial charge is 0.0964 e. The third-order valence-electron chi connectivity index (χ3n) is 2.34. The molecule has 0 fully saturated rings. The first-order valence-corrected chi connectivity index (χ1v) is 7.35. The molecule has 0 aliphatic carbocycles. The van der Waals surface area contributed by atoms with Crippen LogP contribution in [-0.2, 0) is 13.1 Å². The summed E-state index contributed by atoms with van der Waals surface area (Å²) < 4.78 is 0. The molecule has 3 rings (SSSR count). The Hall–Kier alpha value is -0.861. The molecular weight excluding hydrogens is 307 g/mol. The Balaban J connectivity index is 0.000000329. The predicted octanol–water partition coefficient (Wildman–Crippen LogP) is 4.16. The molecule has 17 heavy (non-hydrogen) atoms. The van der Waals surface area contributed by atoms with Crippen LogP contribution in [0.3, 0.4) is 0 Å². The summed E-state index contributed by atoms with van der Waals surface area (Å²) in [6.07, 6.45) is 3.60. The predicted molar refractivity (Wildman–Crippen MR) is 68.8 cm³/mol. The molecule has 0 aliphatic heterocycles. The van der Waals surface area contributed by atoms with Crippen LogP contribution in [0.15, 0.2) is 48.8 Å². The standard InChI is InChI=1S/C12H8N2.2ClH.Cu/c1-3-9-5-6-10-4-2-8-14-12(10)11(9)13-7-1;;;/h1-8H;2*1H;/q;;;+2/p-2. The van der Waals surface area contributed by atoms with E-state index in [9.17, 15) is 0 Å². The second-order valence-electron chi connectivity index (χ2n) is 3.26. The number of halogens is 2. The zero-order valence-corrected chi connectivity index (χ0v) is 11.0. The average molecular weight is 315 g/mol. The van der Waals surface area contributed by atoms with Crippen molar-refractivity contribution in [2.45, 2.75) is 0 Å². The van der Waals surface area contributed by atoms with Crippen molar-refractivity contribution in [3.05, 3.63) is 48.8 Å². The fourth-order valence-corrected chi connectivity index (χ4v) is 1.68. The normalized spacial score (nSPS) is 10.2. The summed E-state index contributed by atoms with van der Waals surface area (Å²) in [6, 6.07) is 12.1. The van der Waals surface area contributed by atoms with Crippen LogP contribution in [0.25, 0.3) is 21.8 Å². The number of hydrogen-bond donors (Lipinski definition) is 0. The fraction of sp³-hybridized carbons (Fsp3) is 0. The Bertz CT molecular complexity index is 576. The van der Waals surface area contributed by atoms with E-state index in [4.69, 9.17) is 0 Å². The molecule has 2 heterocycles. The van der Waals surface area contributed by atoms with Crippen molar-refractivity contribution in [2.75, 3.05) is 0 Å². The first-order valence-electron chi connectivity index (χ1n) is 4.76. The minimum atomic E-state index is 0.757. The van der Waals surface area contributed by atoms with Gasteiger partial charge in [-0.25, -0.2) is 0 Å². The van der Waals surface area contributed by atoms with Crippen molar-refractivity contribution in [1.29, 1.82) is 0 Å². The van der Waals surface area contributed by atoms with Crippen LogP contribution >= 0.6 is 20.2 Å². The van der Waals surface area contributed by atoms with Gasteiger partial charge in [-0.2, -0.15) is 0 Å². The van der Waals surface area contributed by atoms with Crippen molar-refractivity contribution in [3.8, 4) is 0 Å². The van der Waals surface area contributed by atoms with Crippen LogP contribution in [0.4, 0.5) is 0 Å². The quantitative estimate of drug-likeness (QED) is 0.460. The van der Waals surface area contributed by atoms with E-state index in [1.54, 1.807) is 12.4 Å². The Kier molecular flexibility index (Phi) is 4.57. The number of pyridine rings is 2. The Morgan fingerprint density at radius 1 is 0.765 bits per heavy atom. The van der Waals surface area contributed by atoms with Gasteiger partial charge in [0.25, 0.3) is 0 Å². The summed E-state index contributed by atoms with van der Waals surface area (Å²) in [7, 11) is 9.34. The third kappa shape index (κ3) is 2.88. The Morgan fingerprint density at radius 3 is 1.59 bits per heavy atom. The van der Waals surface area contributed by atoms with Crippen LogP contribution in [0, 0.1) is 0 Å². The van der Waals surface area contributed by atoms with Gasteiger partial charge in [-0.3, -0.25) is 9.97 Å². The SMILES string of the molecule is [Cl][Cu][Cl].c1cnc2c(c1)ccc1cccnc12. The number of rotatable bonds is 0. The van der Waals surface area contributed by atoms with Gasteiger partial charge in [0.2, 0.25) is 0 Å². The van der Waals surface area contributed by atoms with Crippen molar-refractivity contribution in [2.24, 2.45) is 0 Å². The molecule has 0 saturated carbocycles. The van der Waals surface area contributed by atoms with Gasteiger partial charge in [0.1, 0.15) is 0 Å². The van der Waals surface area contributed by atoms with Gasteiger partial charge >= 0.3 is 33.3 Å². The number of hydrogen-bond acceptors (Lipinski definition) is 2. The van der Waals surface area contributed by atoms with Gasteiger partial charge in [0, 0.05) is 23.2 Å². The van der Waals surface area contributed by atoms with E-state index in [0.29, 0.717) is 0 Å². The minimum absolute atomic E-state index is 0.757. The van der Waals surface area contributed by atoms with Crippen LogP contribution in [0.2, 0.25) is 0 Å². The molecule has 1 aromatic carbocycles. The first-order chi connectivity index (χ1) is 8.36. The number of aromatic nitrogens is 2. The molecule has 0 radical (unpaired) electrons. The summed E-state index contributed by atoms with van der Waals surface area (Å²) in [6.45, 7) is 0. The molecular formula is C12H8Cl2CuN2. The molecule has 3 aromatic rings. The van der Waals surface area contributed by atoms with E-state index in [0.717, 1.165) is 34.9 Å². The minimum Gasteiger partial charge on any atom is -0.254 e. The second kappa shape index (κ2) is 6.18. The van der Waals surface area contributed by atoms with Crippen LogP contribution < -0.4 is 0 Å². The molecule has 91 valence electrons. The fourth-order valence-electron chi connectivity index (χ4n) is 1.68. The molecule has 2 nitrogen and oxygen atoms in total. The monoisotopic (exact) mass is 313 g/mol. The molecule has 0 amide bonds. The number of fused-ring (bicyclic) bond motifs is 3. The summed E-state index contributed by atoms with van der Waals surface area (Å²) in [5.41, 5.74) is 1.95. The van der Waals surface area contributed by atoms with Crippen LogP contribution in [0.5, 0.6) is 0 Å². The zero-order chi connectivity index (χ0) is 12.1. The van der Waals surface area contributed by atoms with Crippen molar-refractivity contribution in [3.63, 3.8) is 0 Å². The van der Waals surface area contributed by atoms with Crippen LogP contribution in [0.1, 0.15) is 0 Å². The molecule has 0 aliphatic rings. The number of nitrogens with zero attached hydrogens (tertiary/aromatic N) is 2. The number of benzene rings is 1. The van der Waals surface area contributed by atoms with E-state index >= 15 is 0 Å². The van der Waals surface area contributed by atoms with Gasteiger partial charge < -0.3 is 0 Å². The molecule has 0 bridgehead atoms. The van der Waals surface area contributed by atoms with Gasteiger partial charge in [-0.1, -0.05) is 24.3 Å². The van der Waals surface area contributed by atoms with Crippen molar-refractivity contribution < 1.29 is 13.1 Å². The summed E-state index contributed by atoms with van der Waals surface area (Å²) in [4.78, 5) is 8.69. The van der Waals surface area contributed by atoms with Gasteiger partial charge in [-0.05, 0) is 12.1 Å². The van der Waals surface area contributed by atoms with Gasteiger partial charge in [0.05, 0.1) is 11.0 Å². The summed E-state index contributed by atoms with van der Waals surface area (Å²) in [5.74, 6) is 0. The molecule has 0 unspecified atom stereocenters. The molecule has 0 spiro atoms. The van der Waals surface area contributed by atoms with Crippen molar-refractivity contribution in [1.82, 2.24) is 9.97 Å². The van der Waals surface area contributed by atoms with E-state index in [1.165, 1.54) is 0 Å². The van der Waals surface area contributed by atoms with Gasteiger partial charge in [0.15, 0.2) is 0 Å². The van der Waals surface area contributed by atoms with E-state index in [2.05, 4.69) is 54.4 Å². The maximum absolute atomic E-state index is 4.67. The molecule has 5 heteroatoms. The van der Waals surface area contributed by atoms with Crippen LogP contribution in [-0.4, -0.2) is 9.97 Å². The average Bonchev–Trinajstić information content (AvgIpc) is 2.40. The Morgan fingerprint density at radius 2 is 1.18 bits per heavy atom. The maximum atomic E-state index is 4.67. The summed E-state index contributed by atoms with van der Waals surface area (Å²) >= 11 is 0.757. The first kappa shape index (κ1) is 12.6. The second-order valence-corrected chi connectivity index (χ2v) is 4.81. The maximum Gasteiger partial charge on any atom is 0.0964 e. The molecule has 0 N–H and O–H groups in total. The molecule has 0 saturated heterocycles. The topological polar surface area (TPSA) is 25.8 Å². The third-order valence-corrected chi connectivity index (χ3v) is 2.34. The zero-order valence-electron chi connectivity index (χ0n) is 8.57. The summed E-state index contributed by atoms with van der Waals surface area (Å²) in [5, 5.41) is 2.28. The molecule has 2 aromatic heterocycles.